The molecule has 1 N–H and O–H groups in total. The van der Waals surface area contributed by atoms with Crippen LogP contribution in [0, 0.1) is 17.5 Å². The van der Waals surface area contributed by atoms with Gasteiger partial charge < -0.3 is 10.1 Å². The summed E-state index contributed by atoms with van der Waals surface area (Å²) < 4.78 is 44.5. The van der Waals surface area contributed by atoms with E-state index < -0.39 is 35.1 Å². The summed E-state index contributed by atoms with van der Waals surface area (Å²) in [5, 5.41) is 2.17. The molecule has 0 saturated carbocycles. The lowest BCUT2D eigenvalue weighted by Gasteiger charge is -2.14. The average molecular weight is 336 g/mol. The number of ether oxygens (including phenoxy) is 1. The highest BCUT2D eigenvalue weighted by Crippen LogP contribution is 2.23. The third-order valence-electron chi connectivity index (χ3n) is 3.46. The summed E-state index contributed by atoms with van der Waals surface area (Å²) in [6, 6.07) is 7.65. The number of amides is 2. The highest BCUT2D eigenvalue weighted by Gasteiger charge is 2.24. The Morgan fingerprint density at radius 1 is 1.12 bits per heavy atom. The van der Waals surface area contributed by atoms with Crippen LogP contribution in [0.15, 0.2) is 36.4 Å². The van der Waals surface area contributed by atoms with Crippen LogP contribution in [0.3, 0.4) is 0 Å². The van der Waals surface area contributed by atoms with Gasteiger partial charge in [-0.2, -0.15) is 0 Å². The fourth-order valence-corrected chi connectivity index (χ4v) is 2.26. The van der Waals surface area contributed by atoms with Gasteiger partial charge in [0, 0.05) is 11.3 Å². The molecule has 1 fully saturated rings. The molecule has 124 valence electrons. The number of halogens is 3. The minimum absolute atomic E-state index is 0.122. The second-order valence-corrected chi connectivity index (χ2v) is 4.99. The summed E-state index contributed by atoms with van der Waals surface area (Å²) in [5.41, 5.74) is 0.0807. The zero-order chi connectivity index (χ0) is 17.3. The van der Waals surface area contributed by atoms with Crippen molar-refractivity contribution in [2.24, 2.45) is 0 Å². The van der Waals surface area contributed by atoms with Crippen molar-refractivity contribution in [2.45, 2.75) is 0 Å². The first-order valence-electron chi connectivity index (χ1n) is 6.96. The summed E-state index contributed by atoms with van der Waals surface area (Å²) in [6.07, 6.45) is -0.529. The number of anilines is 2. The molecule has 1 aliphatic heterocycles. The molecule has 3 rings (SSSR count). The third kappa shape index (κ3) is 2.90. The maximum absolute atomic E-state index is 13.6. The molecule has 2 amide bonds. The smallest absolute Gasteiger partial charge is 0.414 e. The second-order valence-electron chi connectivity index (χ2n) is 4.99. The molecule has 8 heteroatoms. The summed E-state index contributed by atoms with van der Waals surface area (Å²) in [5.74, 6) is -5.22. The number of hydrogen-bond donors (Lipinski definition) is 1. The minimum atomic E-state index is -1.67. The maximum Gasteiger partial charge on any atom is 0.414 e. The SMILES string of the molecule is O=C(Nc1ccc(F)c(F)c1F)c1cccc(N2CCOC2=O)c1. The lowest BCUT2D eigenvalue weighted by atomic mass is 10.1. The van der Waals surface area contributed by atoms with Gasteiger partial charge in [-0.3, -0.25) is 9.69 Å². The van der Waals surface area contributed by atoms with Crippen LogP contribution in [0.25, 0.3) is 0 Å². The van der Waals surface area contributed by atoms with E-state index in [0.29, 0.717) is 18.3 Å². The van der Waals surface area contributed by atoms with Crippen molar-refractivity contribution in [3.63, 3.8) is 0 Å². The number of cyclic esters (lactones) is 1. The van der Waals surface area contributed by atoms with E-state index in [0.717, 1.165) is 6.07 Å². The Hall–Kier alpha value is -3.03. The van der Waals surface area contributed by atoms with Crippen LogP contribution < -0.4 is 10.2 Å². The summed E-state index contributed by atoms with van der Waals surface area (Å²) in [7, 11) is 0. The van der Waals surface area contributed by atoms with Gasteiger partial charge in [0.2, 0.25) is 0 Å². The summed E-state index contributed by atoms with van der Waals surface area (Å²) in [6.45, 7) is 0.594. The summed E-state index contributed by atoms with van der Waals surface area (Å²) in [4.78, 5) is 25.1. The standard InChI is InChI=1S/C16H11F3N2O3/c17-11-4-5-12(14(19)13(11)18)20-15(22)9-2-1-3-10(8-9)21-6-7-24-16(21)23/h1-5,8H,6-7H2,(H,20,22). The van der Waals surface area contributed by atoms with E-state index >= 15 is 0 Å². The zero-order valence-electron chi connectivity index (χ0n) is 12.2. The quantitative estimate of drug-likeness (QED) is 0.875. The first kappa shape index (κ1) is 15.9. The van der Waals surface area contributed by atoms with Crippen LogP contribution in [0.5, 0.6) is 0 Å². The number of nitrogens with zero attached hydrogens (tertiary/aromatic N) is 1. The Labute approximate surface area is 134 Å². The van der Waals surface area contributed by atoms with Gasteiger partial charge in [-0.05, 0) is 30.3 Å². The highest BCUT2D eigenvalue weighted by atomic mass is 19.2. The van der Waals surface area contributed by atoms with Crippen LogP contribution in [-0.2, 0) is 4.74 Å². The van der Waals surface area contributed by atoms with Crippen LogP contribution in [0.4, 0.5) is 29.3 Å². The minimum Gasteiger partial charge on any atom is -0.447 e. The van der Waals surface area contributed by atoms with E-state index in [9.17, 15) is 22.8 Å². The topological polar surface area (TPSA) is 58.6 Å². The van der Waals surface area contributed by atoms with Crippen molar-refractivity contribution >= 4 is 23.4 Å². The largest absolute Gasteiger partial charge is 0.447 e. The van der Waals surface area contributed by atoms with Crippen LogP contribution in [0.1, 0.15) is 10.4 Å². The number of carbonyl (C=O) groups excluding carboxylic acids is 2. The molecular weight excluding hydrogens is 325 g/mol. The Morgan fingerprint density at radius 3 is 2.62 bits per heavy atom. The van der Waals surface area contributed by atoms with E-state index in [2.05, 4.69) is 5.32 Å². The molecule has 0 aromatic heterocycles. The number of rotatable bonds is 3. The first-order chi connectivity index (χ1) is 11.5. The van der Waals surface area contributed by atoms with Gasteiger partial charge in [0.05, 0.1) is 12.2 Å². The summed E-state index contributed by atoms with van der Waals surface area (Å²) >= 11 is 0. The van der Waals surface area contributed by atoms with Gasteiger partial charge in [0.1, 0.15) is 6.61 Å². The molecule has 0 radical (unpaired) electrons. The van der Waals surface area contributed by atoms with Crippen molar-refractivity contribution in [1.82, 2.24) is 0 Å². The third-order valence-corrected chi connectivity index (χ3v) is 3.46. The van der Waals surface area contributed by atoms with Gasteiger partial charge in [-0.25, -0.2) is 18.0 Å². The predicted octanol–water partition coefficient (Wildman–Crippen LogP) is 3.31. The van der Waals surface area contributed by atoms with Crippen LogP contribution in [0.2, 0.25) is 0 Å². The number of hydrogen-bond acceptors (Lipinski definition) is 3. The van der Waals surface area contributed by atoms with Crippen molar-refractivity contribution < 1.29 is 27.5 Å². The van der Waals surface area contributed by atoms with Crippen LogP contribution >= 0.6 is 0 Å². The maximum atomic E-state index is 13.6. The monoisotopic (exact) mass is 336 g/mol. The molecule has 1 saturated heterocycles. The molecule has 2 aromatic carbocycles. The fourth-order valence-electron chi connectivity index (χ4n) is 2.26. The highest BCUT2D eigenvalue weighted by molar-refractivity contribution is 6.05. The number of benzene rings is 2. The molecule has 0 unspecified atom stereocenters. The molecule has 5 nitrogen and oxygen atoms in total. The molecule has 0 atom stereocenters. The molecule has 2 aromatic rings. The first-order valence-corrected chi connectivity index (χ1v) is 6.96. The van der Waals surface area contributed by atoms with Crippen molar-refractivity contribution in [3.05, 3.63) is 59.4 Å². The van der Waals surface area contributed by atoms with E-state index in [-0.39, 0.29) is 12.2 Å². The lowest BCUT2D eigenvalue weighted by molar-refractivity contribution is 0.102. The van der Waals surface area contributed by atoms with Gasteiger partial charge in [-0.15, -0.1) is 0 Å². The zero-order valence-corrected chi connectivity index (χ0v) is 12.2. The average Bonchev–Trinajstić information content (AvgIpc) is 3.01. The van der Waals surface area contributed by atoms with Gasteiger partial charge in [-0.1, -0.05) is 6.07 Å². The lowest BCUT2D eigenvalue weighted by Crippen LogP contribution is -2.23. The second kappa shape index (κ2) is 6.23. The van der Waals surface area contributed by atoms with Crippen molar-refractivity contribution in [1.29, 1.82) is 0 Å². The van der Waals surface area contributed by atoms with Gasteiger partial charge in [0.15, 0.2) is 17.5 Å². The predicted molar refractivity (Wildman–Crippen MR) is 79.4 cm³/mol. The normalized spacial score (nSPS) is 13.8. The van der Waals surface area contributed by atoms with E-state index in [1.165, 1.54) is 23.1 Å². The van der Waals surface area contributed by atoms with E-state index in [1.54, 1.807) is 6.07 Å². The molecule has 1 aliphatic rings. The van der Waals surface area contributed by atoms with Crippen molar-refractivity contribution in [3.8, 4) is 0 Å². The Bertz CT molecular complexity index is 826. The van der Waals surface area contributed by atoms with Crippen LogP contribution in [-0.4, -0.2) is 25.2 Å². The van der Waals surface area contributed by atoms with Gasteiger partial charge in [0.25, 0.3) is 5.91 Å². The fraction of sp³-hybridized carbons (Fsp3) is 0.125. The van der Waals surface area contributed by atoms with E-state index in [1.807, 2.05) is 0 Å². The molecule has 0 spiro atoms. The Morgan fingerprint density at radius 2 is 1.92 bits per heavy atom. The van der Waals surface area contributed by atoms with E-state index in [4.69, 9.17) is 4.74 Å². The molecule has 0 bridgehead atoms. The molecular formula is C16H11F3N2O3. The van der Waals surface area contributed by atoms with Gasteiger partial charge >= 0.3 is 6.09 Å². The molecule has 1 heterocycles. The Kier molecular flexibility index (Phi) is 4.11. The number of nitrogens with one attached hydrogen (secondary N) is 1. The molecule has 24 heavy (non-hydrogen) atoms. The Balaban J connectivity index is 1.83. The molecule has 0 aliphatic carbocycles. The number of carbonyl (C=O) groups is 2. The van der Waals surface area contributed by atoms with Crippen molar-refractivity contribution in [2.75, 3.05) is 23.4 Å².